The maximum absolute atomic E-state index is 13.8. The van der Waals surface area contributed by atoms with Crippen LogP contribution in [0.3, 0.4) is 0 Å². The zero-order valence-electron chi connectivity index (χ0n) is 27.8. The summed E-state index contributed by atoms with van der Waals surface area (Å²) in [6.07, 6.45) is -1.37. The van der Waals surface area contributed by atoms with Crippen LogP contribution in [0.15, 0.2) is 71.6 Å². The van der Waals surface area contributed by atoms with E-state index >= 15 is 0 Å². The maximum atomic E-state index is 13.8. The van der Waals surface area contributed by atoms with Crippen LogP contribution in [0.5, 0.6) is 0 Å². The fraction of sp³-hybridized carbons (Fsp3) is 0.429. The number of nitrogens with zero attached hydrogens (tertiary/aromatic N) is 1. The molecule has 0 aliphatic carbocycles. The van der Waals surface area contributed by atoms with Gasteiger partial charge in [0, 0.05) is 12.2 Å². The molecule has 2 aromatic rings. The van der Waals surface area contributed by atoms with Gasteiger partial charge in [-0.3, -0.25) is 24.0 Å². The molecular formula is C35H42ClN3O9S. The van der Waals surface area contributed by atoms with Crippen molar-refractivity contribution >= 4 is 59.0 Å². The van der Waals surface area contributed by atoms with Gasteiger partial charge in [-0.15, -0.1) is 23.4 Å². The Labute approximate surface area is 294 Å². The van der Waals surface area contributed by atoms with Gasteiger partial charge in [0.15, 0.2) is 6.10 Å². The van der Waals surface area contributed by atoms with Gasteiger partial charge in [0.2, 0.25) is 17.7 Å². The Morgan fingerprint density at radius 2 is 1.57 bits per heavy atom. The molecule has 12 nitrogen and oxygen atoms in total. The van der Waals surface area contributed by atoms with E-state index < -0.39 is 65.8 Å². The number of esters is 2. The number of ether oxygens (including phenoxy) is 2. The number of hydrogen-bond acceptors (Lipinski definition) is 9. The van der Waals surface area contributed by atoms with Gasteiger partial charge in [-0.05, 0) is 56.2 Å². The topological polar surface area (TPSA) is 168 Å². The van der Waals surface area contributed by atoms with Crippen LogP contribution in [-0.4, -0.2) is 87.5 Å². The number of hydrogen-bond donors (Lipinski definition) is 3. The molecule has 1 heterocycles. The van der Waals surface area contributed by atoms with Crippen LogP contribution in [0, 0.1) is 0 Å². The fourth-order valence-corrected chi connectivity index (χ4v) is 6.10. The zero-order valence-corrected chi connectivity index (χ0v) is 29.4. The summed E-state index contributed by atoms with van der Waals surface area (Å²) >= 11 is 7.05. The number of halogens is 1. The molecule has 3 amide bonds. The van der Waals surface area contributed by atoms with Crippen LogP contribution < -0.4 is 10.6 Å². The third kappa shape index (κ3) is 11.4. The smallest absolute Gasteiger partial charge is 0.332 e. The van der Waals surface area contributed by atoms with Gasteiger partial charge in [-0.2, -0.15) is 0 Å². The van der Waals surface area contributed by atoms with Gasteiger partial charge < -0.3 is 30.1 Å². The van der Waals surface area contributed by atoms with Gasteiger partial charge in [0.25, 0.3) is 0 Å². The van der Waals surface area contributed by atoms with Crippen molar-refractivity contribution < 1.29 is 43.3 Å². The Balaban J connectivity index is 1.73. The lowest BCUT2D eigenvalue weighted by atomic mass is 9.89. The first-order chi connectivity index (χ1) is 23.2. The minimum atomic E-state index is -1.67. The number of carboxylic acid groups (broad SMARTS) is 1. The van der Waals surface area contributed by atoms with Crippen molar-refractivity contribution in [3.8, 4) is 0 Å². The third-order valence-corrected chi connectivity index (χ3v) is 8.84. The molecule has 49 heavy (non-hydrogen) atoms. The van der Waals surface area contributed by atoms with Crippen molar-refractivity contribution in [2.45, 2.75) is 76.8 Å². The first kappa shape index (κ1) is 39.1. The summed E-state index contributed by atoms with van der Waals surface area (Å²) < 4.78 is 11.1. The van der Waals surface area contributed by atoms with E-state index in [9.17, 15) is 33.9 Å². The monoisotopic (exact) mass is 715 g/mol. The van der Waals surface area contributed by atoms with Crippen LogP contribution in [0.4, 0.5) is 0 Å². The van der Waals surface area contributed by atoms with E-state index in [4.69, 9.17) is 21.1 Å². The van der Waals surface area contributed by atoms with Gasteiger partial charge >= 0.3 is 17.9 Å². The summed E-state index contributed by atoms with van der Waals surface area (Å²) in [6, 6.07) is 16.3. The minimum Gasteiger partial charge on any atom is -0.480 e. The number of β-lactam (4-membered cyclic amide) rings is 1. The Morgan fingerprint density at radius 1 is 0.980 bits per heavy atom. The van der Waals surface area contributed by atoms with Gasteiger partial charge in [0.05, 0.1) is 18.6 Å². The SMILES string of the molecule is CC(=CSCCC(=O)OC(C)C)C1C(NC(=O)CCC(C)(NC(=O)CCl)C(=O)OC(c2ccccc2)c2ccccc2)C(=O)N1CC(=O)O. The standard InChI is InChI=1S/C35H42ClN3O9S/c1-22(2)47-29(44)16-18-49-21-23(3)31-30(33(45)39(31)20-28(42)43)37-26(40)15-17-35(4,38-27(41)19-36)34(46)48-32(24-11-7-5-8-12-24)25-13-9-6-10-14-25/h5-14,21-22,30-32H,15-20H2,1-4H3,(H,37,40)(H,38,41)(H,42,43). The van der Waals surface area contributed by atoms with E-state index in [1.807, 2.05) is 60.7 Å². The van der Waals surface area contributed by atoms with Gasteiger partial charge in [-0.1, -0.05) is 60.7 Å². The third-order valence-electron chi connectivity index (χ3n) is 7.62. The van der Waals surface area contributed by atoms with Crippen LogP contribution in [0.2, 0.25) is 0 Å². The molecule has 3 rings (SSSR count). The molecule has 0 aromatic heterocycles. The molecule has 1 aliphatic heterocycles. The Kier molecular flexibility index (Phi) is 14.7. The van der Waals surface area contributed by atoms with Crippen LogP contribution >= 0.6 is 23.4 Å². The molecular weight excluding hydrogens is 674 g/mol. The van der Waals surface area contributed by atoms with Crippen molar-refractivity contribution in [1.29, 1.82) is 0 Å². The summed E-state index contributed by atoms with van der Waals surface area (Å²) in [5.74, 6) is -4.22. The van der Waals surface area contributed by atoms with Crippen molar-refractivity contribution in [1.82, 2.24) is 15.5 Å². The van der Waals surface area contributed by atoms with E-state index in [2.05, 4.69) is 10.6 Å². The number of amides is 3. The molecule has 3 unspecified atom stereocenters. The number of aliphatic carboxylic acids is 1. The highest BCUT2D eigenvalue weighted by Gasteiger charge is 2.49. The highest BCUT2D eigenvalue weighted by Crippen LogP contribution is 2.30. The van der Waals surface area contributed by atoms with Crippen LogP contribution in [0.1, 0.15) is 64.2 Å². The Hall–Kier alpha value is -4.36. The minimum absolute atomic E-state index is 0.161. The van der Waals surface area contributed by atoms with Crippen molar-refractivity contribution in [2.75, 3.05) is 18.2 Å². The van der Waals surface area contributed by atoms with Gasteiger partial charge in [0.1, 0.15) is 24.0 Å². The lowest BCUT2D eigenvalue weighted by Gasteiger charge is -2.47. The number of alkyl halides is 1. The second-order valence-electron chi connectivity index (χ2n) is 12.0. The number of likely N-dealkylation sites (tertiary alicyclic amines) is 1. The molecule has 1 saturated heterocycles. The molecule has 0 radical (unpaired) electrons. The van der Waals surface area contributed by atoms with E-state index in [-0.39, 0.29) is 31.3 Å². The summed E-state index contributed by atoms with van der Waals surface area (Å²) in [5, 5.41) is 16.3. The number of carbonyl (C=O) groups is 6. The predicted molar refractivity (Wildman–Crippen MR) is 184 cm³/mol. The summed E-state index contributed by atoms with van der Waals surface area (Å²) in [6.45, 7) is 6.08. The molecule has 1 aliphatic rings. The first-order valence-electron chi connectivity index (χ1n) is 15.7. The van der Waals surface area contributed by atoms with E-state index in [1.165, 1.54) is 18.7 Å². The molecule has 0 bridgehead atoms. The second kappa shape index (κ2) is 18.4. The molecule has 3 N–H and O–H groups in total. The largest absolute Gasteiger partial charge is 0.480 e. The van der Waals surface area contributed by atoms with Gasteiger partial charge in [-0.25, -0.2) is 4.79 Å². The molecule has 14 heteroatoms. The maximum Gasteiger partial charge on any atom is 0.332 e. The van der Waals surface area contributed by atoms with E-state index in [1.54, 1.807) is 26.2 Å². The highest BCUT2D eigenvalue weighted by atomic mass is 35.5. The molecule has 264 valence electrons. The lowest BCUT2D eigenvalue weighted by molar-refractivity contribution is -0.158. The predicted octanol–water partition coefficient (Wildman–Crippen LogP) is 3.97. The normalized spacial score (nSPS) is 17.2. The fourth-order valence-electron chi connectivity index (χ4n) is 5.23. The number of carboxylic acids is 1. The van der Waals surface area contributed by atoms with E-state index in [0.717, 1.165) is 4.90 Å². The van der Waals surface area contributed by atoms with Crippen molar-refractivity contribution in [3.63, 3.8) is 0 Å². The number of rotatable bonds is 18. The summed E-state index contributed by atoms with van der Waals surface area (Å²) in [5.41, 5.74) is 0.336. The quantitative estimate of drug-likeness (QED) is 0.0889. The molecule has 0 spiro atoms. The second-order valence-corrected chi connectivity index (χ2v) is 13.2. The van der Waals surface area contributed by atoms with Crippen molar-refractivity contribution in [3.05, 3.63) is 82.8 Å². The number of carbonyl (C=O) groups excluding carboxylic acids is 5. The average Bonchev–Trinajstić information content (AvgIpc) is 3.07. The average molecular weight is 716 g/mol. The molecule has 2 aromatic carbocycles. The zero-order chi connectivity index (χ0) is 36.1. The molecule has 1 fully saturated rings. The highest BCUT2D eigenvalue weighted by molar-refractivity contribution is 8.02. The van der Waals surface area contributed by atoms with E-state index in [0.29, 0.717) is 22.5 Å². The number of nitrogens with one attached hydrogen (secondary N) is 2. The Morgan fingerprint density at radius 3 is 2.10 bits per heavy atom. The van der Waals surface area contributed by atoms with Crippen LogP contribution in [-0.2, 0) is 38.2 Å². The summed E-state index contributed by atoms with van der Waals surface area (Å²) in [4.78, 5) is 76.8. The molecule has 0 saturated carbocycles. The Bertz CT molecular complexity index is 1480. The lowest BCUT2D eigenvalue weighted by Crippen LogP contribution is -2.71. The van der Waals surface area contributed by atoms with Crippen molar-refractivity contribution in [2.24, 2.45) is 0 Å². The number of thioether (sulfide) groups is 1. The number of benzene rings is 2. The molecule has 3 atom stereocenters. The van der Waals surface area contributed by atoms with Crippen LogP contribution in [0.25, 0.3) is 0 Å². The first-order valence-corrected chi connectivity index (χ1v) is 17.3. The summed E-state index contributed by atoms with van der Waals surface area (Å²) in [7, 11) is 0.